The van der Waals surface area contributed by atoms with E-state index in [2.05, 4.69) is 10.3 Å². The molecule has 110 valence electrons. The lowest BCUT2D eigenvalue weighted by Gasteiger charge is -2.40. The summed E-state index contributed by atoms with van der Waals surface area (Å²) in [6.07, 6.45) is -6.95. The molecule has 1 rings (SSSR count). The molecule has 1 amide bonds. The Morgan fingerprint density at radius 3 is 2.37 bits per heavy atom. The third kappa shape index (κ3) is 4.01. The molecule has 0 aromatic carbocycles. The van der Waals surface area contributed by atoms with Crippen molar-refractivity contribution >= 4 is 11.9 Å². The van der Waals surface area contributed by atoms with Gasteiger partial charge in [-0.05, 0) is 0 Å². The zero-order valence-electron chi connectivity index (χ0n) is 10.0. The Kier molecular flexibility index (Phi) is 5.44. The summed E-state index contributed by atoms with van der Waals surface area (Å²) >= 11 is 0. The summed E-state index contributed by atoms with van der Waals surface area (Å²) in [6, 6.07) is 0. The van der Waals surface area contributed by atoms with Crippen LogP contribution in [-0.4, -0.2) is 76.1 Å². The van der Waals surface area contributed by atoms with Crippen molar-refractivity contribution in [3.8, 4) is 0 Å². The van der Waals surface area contributed by atoms with Crippen molar-refractivity contribution in [3.05, 3.63) is 0 Å². The fraction of sp³-hybridized carbons (Fsp3) is 0.778. The third-order valence-electron chi connectivity index (χ3n) is 2.60. The molecule has 0 unspecified atom stereocenters. The van der Waals surface area contributed by atoms with E-state index in [9.17, 15) is 20.1 Å². The van der Waals surface area contributed by atoms with E-state index in [0.717, 1.165) is 0 Å². The number of amides is 1. The van der Waals surface area contributed by atoms with Crippen molar-refractivity contribution in [1.29, 1.82) is 0 Å². The van der Waals surface area contributed by atoms with Crippen LogP contribution in [0.25, 0.3) is 0 Å². The number of hydrogen-bond acceptors (Lipinski definition) is 7. The van der Waals surface area contributed by atoms with Gasteiger partial charge in [0.15, 0.2) is 12.2 Å². The minimum Gasteiger partial charge on any atom is -0.394 e. The predicted octanol–water partition coefficient (Wildman–Crippen LogP) is -4.82. The number of carbonyl (C=O) groups is 1. The van der Waals surface area contributed by atoms with Crippen LogP contribution in [0.1, 0.15) is 0 Å². The van der Waals surface area contributed by atoms with Gasteiger partial charge in [0, 0.05) is 0 Å². The van der Waals surface area contributed by atoms with E-state index < -0.39 is 43.2 Å². The Bertz CT molecular complexity index is 346. The highest BCUT2D eigenvalue weighted by atomic mass is 16.6. The summed E-state index contributed by atoms with van der Waals surface area (Å²) in [5.74, 6) is -0.929. The van der Waals surface area contributed by atoms with Gasteiger partial charge >= 0.3 is 0 Å². The van der Waals surface area contributed by atoms with E-state index >= 15 is 0 Å². The first-order valence-electron chi connectivity index (χ1n) is 5.52. The summed E-state index contributed by atoms with van der Waals surface area (Å²) in [5, 5.41) is 39.8. The van der Waals surface area contributed by atoms with Crippen LogP contribution in [0.2, 0.25) is 0 Å². The van der Waals surface area contributed by atoms with E-state index in [1.807, 2.05) is 0 Å². The lowest BCUT2D eigenvalue weighted by Crippen LogP contribution is -2.63. The van der Waals surface area contributed by atoms with Gasteiger partial charge in [-0.2, -0.15) is 0 Å². The molecule has 10 heteroatoms. The molecule has 1 aliphatic rings. The van der Waals surface area contributed by atoms with E-state index in [1.165, 1.54) is 0 Å². The van der Waals surface area contributed by atoms with E-state index in [-0.39, 0.29) is 12.5 Å². The molecule has 0 aromatic rings. The van der Waals surface area contributed by atoms with Crippen LogP contribution in [0.5, 0.6) is 0 Å². The average Bonchev–Trinajstić information content (AvgIpc) is 2.37. The standard InChI is InChI=1S/C9H18N4O6/c10-9(11)12-1-4(15)13-8-7(18)6(17)5(16)3(2-14)19-8/h3,5-8,14,16-18H,1-2H2,(H,13,15)(H4,10,11,12)/t3-,5-,6+,7-,8-/m1/s1. The molecule has 0 spiro atoms. The fourth-order valence-electron chi connectivity index (χ4n) is 1.59. The Balaban J connectivity index is 2.61. The van der Waals surface area contributed by atoms with Crippen LogP contribution in [0.15, 0.2) is 4.99 Å². The monoisotopic (exact) mass is 278 g/mol. The Morgan fingerprint density at radius 2 is 1.84 bits per heavy atom. The van der Waals surface area contributed by atoms with Crippen LogP contribution in [0, 0.1) is 0 Å². The van der Waals surface area contributed by atoms with Crippen LogP contribution in [-0.2, 0) is 9.53 Å². The Labute approximate surface area is 108 Å². The van der Waals surface area contributed by atoms with Gasteiger partial charge in [0.1, 0.15) is 31.0 Å². The zero-order chi connectivity index (χ0) is 14.6. The molecule has 0 aromatic heterocycles. The van der Waals surface area contributed by atoms with E-state index in [1.54, 1.807) is 0 Å². The van der Waals surface area contributed by atoms with E-state index in [4.69, 9.17) is 21.3 Å². The van der Waals surface area contributed by atoms with Gasteiger partial charge in [0.25, 0.3) is 0 Å². The molecule has 1 fully saturated rings. The molecule has 0 saturated carbocycles. The van der Waals surface area contributed by atoms with Crippen molar-refractivity contribution in [2.75, 3.05) is 13.2 Å². The van der Waals surface area contributed by atoms with Gasteiger partial charge in [-0.25, -0.2) is 4.99 Å². The van der Waals surface area contributed by atoms with Gasteiger partial charge in [0.05, 0.1) is 6.61 Å². The fourth-order valence-corrected chi connectivity index (χ4v) is 1.59. The summed E-state index contributed by atoms with van der Waals surface area (Å²) in [4.78, 5) is 14.9. The first kappa shape index (κ1) is 15.6. The number of hydrogen-bond donors (Lipinski definition) is 7. The quantitative estimate of drug-likeness (QED) is 0.197. The lowest BCUT2D eigenvalue weighted by atomic mass is 9.98. The second-order valence-corrected chi connectivity index (χ2v) is 4.06. The lowest BCUT2D eigenvalue weighted by molar-refractivity contribution is -0.235. The number of nitrogens with two attached hydrogens (primary N) is 2. The Hall–Kier alpha value is -1.46. The van der Waals surface area contributed by atoms with Crippen molar-refractivity contribution in [1.82, 2.24) is 5.32 Å². The predicted molar refractivity (Wildman–Crippen MR) is 62.6 cm³/mol. The normalized spacial score (nSPS) is 34.6. The average molecular weight is 278 g/mol. The van der Waals surface area contributed by atoms with Gasteiger partial charge in [0.2, 0.25) is 5.91 Å². The topological polar surface area (TPSA) is 184 Å². The molecule has 0 aliphatic carbocycles. The first-order valence-corrected chi connectivity index (χ1v) is 5.52. The van der Waals surface area contributed by atoms with Crippen molar-refractivity contribution in [2.24, 2.45) is 16.5 Å². The van der Waals surface area contributed by atoms with Crippen molar-refractivity contribution < 1.29 is 30.0 Å². The van der Waals surface area contributed by atoms with Crippen LogP contribution < -0.4 is 16.8 Å². The first-order chi connectivity index (χ1) is 8.86. The third-order valence-corrected chi connectivity index (χ3v) is 2.60. The number of aliphatic hydroxyl groups excluding tert-OH is 4. The molecule has 1 heterocycles. The summed E-state index contributed by atoms with van der Waals surface area (Å²) in [5.41, 5.74) is 10.1. The summed E-state index contributed by atoms with van der Waals surface area (Å²) in [7, 11) is 0. The second-order valence-electron chi connectivity index (χ2n) is 4.06. The molecular formula is C9H18N4O6. The number of guanidine groups is 1. The maximum Gasteiger partial charge on any atom is 0.243 e. The van der Waals surface area contributed by atoms with Gasteiger partial charge < -0.3 is 41.9 Å². The second kappa shape index (κ2) is 6.63. The number of aliphatic imine (C=N–C) groups is 1. The molecule has 0 radical (unpaired) electrons. The van der Waals surface area contributed by atoms with Crippen LogP contribution >= 0.6 is 0 Å². The highest BCUT2D eigenvalue weighted by Crippen LogP contribution is 2.19. The number of carbonyl (C=O) groups excluding carboxylic acids is 1. The molecular weight excluding hydrogens is 260 g/mol. The molecule has 1 aliphatic heterocycles. The maximum absolute atomic E-state index is 11.4. The molecule has 1 saturated heterocycles. The highest BCUT2D eigenvalue weighted by Gasteiger charge is 2.43. The SMILES string of the molecule is NC(N)=NCC(=O)N[C@@H]1O[C@H](CO)[C@@H](O)[C@H](O)[C@H]1O. The molecule has 5 atom stereocenters. The minimum atomic E-state index is -1.56. The van der Waals surface area contributed by atoms with Crippen LogP contribution in [0.4, 0.5) is 0 Å². The minimum absolute atomic E-state index is 0.274. The van der Waals surface area contributed by atoms with Gasteiger partial charge in [-0.15, -0.1) is 0 Å². The smallest absolute Gasteiger partial charge is 0.243 e. The molecule has 19 heavy (non-hydrogen) atoms. The summed E-state index contributed by atoms with van der Waals surface area (Å²) < 4.78 is 5.06. The maximum atomic E-state index is 11.4. The number of rotatable bonds is 4. The number of aliphatic hydroxyl groups is 4. The Morgan fingerprint density at radius 1 is 1.21 bits per heavy atom. The molecule has 10 nitrogen and oxygen atoms in total. The highest BCUT2D eigenvalue weighted by molar-refractivity contribution is 5.83. The number of nitrogens with one attached hydrogen (secondary N) is 1. The molecule has 9 N–H and O–H groups in total. The summed E-state index contributed by atoms with van der Waals surface area (Å²) in [6.45, 7) is -0.956. The van der Waals surface area contributed by atoms with Crippen molar-refractivity contribution in [3.63, 3.8) is 0 Å². The molecule has 0 bridgehead atoms. The zero-order valence-corrected chi connectivity index (χ0v) is 10.0. The largest absolute Gasteiger partial charge is 0.394 e. The number of ether oxygens (including phenoxy) is 1. The number of nitrogens with zero attached hydrogens (tertiary/aromatic N) is 1. The van der Waals surface area contributed by atoms with E-state index in [0.29, 0.717) is 0 Å². The van der Waals surface area contributed by atoms with Crippen LogP contribution in [0.3, 0.4) is 0 Å². The van der Waals surface area contributed by atoms with Gasteiger partial charge in [-0.3, -0.25) is 4.79 Å². The van der Waals surface area contributed by atoms with Crippen molar-refractivity contribution in [2.45, 2.75) is 30.6 Å². The van der Waals surface area contributed by atoms with Gasteiger partial charge in [-0.1, -0.05) is 0 Å².